The molecule has 0 amide bonds. The number of Topliss-reactive ketones (excluding diaryl/α,β-unsaturated/α-hetero) is 1. The quantitative estimate of drug-likeness (QED) is 0.777. The third-order valence-electron chi connectivity index (χ3n) is 4.40. The van der Waals surface area contributed by atoms with Crippen LogP contribution in [-0.4, -0.2) is 25.7 Å². The molecule has 0 aromatic heterocycles. The summed E-state index contributed by atoms with van der Waals surface area (Å²) in [7, 11) is -2.96. The van der Waals surface area contributed by atoms with Crippen molar-refractivity contribution in [3.05, 3.63) is 0 Å². The van der Waals surface area contributed by atoms with Crippen molar-refractivity contribution in [2.24, 2.45) is 11.8 Å². The van der Waals surface area contributed by atoms with Gasteiger partial charge in [0, 0.05) is 18.6 Å². The molecular formula is C13H22O3S. The van der Waals surface area contributed by atoms with Crippen molar-refractivity contribution in [3.8, 4) is 0 Å². The first-order chi connectivity index (χ1) is 7.97. The molecule has 0 N–H and O–H groups in total. The van der Waals surface area contributed by atoms with Crippen molar-refractivity contribution in [3.63, 3.8) is 0 Å². The van der Waals surface area contributed by atoms with Crippen LogP contribution in [0.25, 0.3) is 0 Å². The summed E-state index contributed by atoms with van der Waals surface area (Å²) in [4.78, 5) is 12.1. The lowest BCUT2D eigenvalue weighted by molar-refractivity contribution is -0.125. The molecule has 4 heteroatoms. The van der Waals surface area contributed by atoms with E-state index in [9.17, 15) is 13.2 Å². The number of hydrogen-bond donors (Lipinski definition) is 0. The highest BCUT2D eigenvalue weighted by atomic mass is 32.2. The molecule has 2 aliphatic rings. The van der Waals surface area contributed by atoms with Gasteiger partial charge in [0.1, 0.15) is 15.6 Å². The predicted octanol–water partition coefficient (Wildman–Crippen LogP) is 2.35. The van der Waals surface area contributed by atoms with Crippen LogP contribution in [0.4, 0.5) is 0 Å². The average molecular weight is 258 g/mol. The van der Waals surface area contributed by atoms with Crippen LogP contribution in [0.1, 0.15) is 51.4 Å². The zero-order valence-electron chi connectivity index (χ0n) is 10.5. The monoisotopic (exact) mass is 258 g/mol. The number of ketones is 1. The standard InChI is InChI=1S/C13H22O3S/c1-17(15,16)12-7-3-6-11(9-12)13(14)8-10-4-2-5-10/h10-12H,2-9H2,1H3. The Kier molecular flexibility index (Phi) is 3.91. The fourth-order valence-electron chi connectivity index (χ4n) is 2.97. The van der Waals surface area contributed by atoms with Gasteiger partial charge in [-0.05, 0) is 25.2 Å². The molecule has 0 aromatic rings. The van der Waals surface area contributed by atoms with E-state index in [-0.39, 0.29) is 11.2 Å². The largest absolute Gasteiger partial charge is 0.299 e. The topological polar surface area (TPSA) is 51.2 Å². The Bertz CT molecular complexity index is 381. The van der Waals surface area contributed by atoms with E-state index in [0.717, 1.165) is 19.3 Å². The highest BCUT2D eigenvalue weighted by Gasteiger charge is 2.33. The van der Waals surface area contributed by atoms with Gasteiger partial charge in [-0.1, -0.05) is 25.7 Å². The van der Waals surface area contributed by atoms with E-state index in [4.69, 9.17) is 0 Å². The molecule has 0 bridgehead atoms. The molecule has 2 saturated carbocycles. The van der Waals surface area contributed by atoms with E-state index in [2.05, 4.69) is 0 Å². The summed E-state index contributed by atoms with van der Waals surface area (Å²) in [6, 6.07) is 0. The molecular weight excluding hydrogens is 236 g/mol. The maximum atomic E-state index is 12.1. The molecule has 2 rings (SSSR count). The van der Waals surface area contributed by atoms with Crippen molar-refractivity contribution < 1.29 is 13.2 Å². The summed E-state index contributed by atoms with van der Waals surface area (Å²) in [6.45, 7) is 0. The molecule has 17 heavy (non-hydrogen) atoms. The summed E-state index contributed by atoms with van der Waals surface area (Å²) in [5.41, 5.74) is 0. The molecule has 2 fully saturated rings. The molecule has 0 aromatic carbocycles. The van der Waals surface area contributed by atoms with E-state index in [1.807, 2.05) is 0 Å². The van der Waals surface area contributed by atoms with Crippen LogP contribution in [0.15, 0.2) is 0 Å². The number of rotatable bonds is 4. The smallest absolute Gasteiger partial charge is 0.150 e. The lowest BCUT2D eigenvalue weighted by Gasteiger charge is -2.30. The molecule has 3 nitrogen and oxygen atoms in total. The number of hydrogen-bond acceptors (Lipinski definition) is 3. The summed E-state index contributed by atoms with van der Waals surface area (Å²) in [5.74, 6) is 0.938. The van der Waals surface area contributed by atoms with Gasteiger partial charge in [0.05, 0.1) is 5.25 Å². The highest BCUT2D eigenvalue weighted by molar-refractivity contribution is 7.91. The molecule has 0 heterocycles. The van der Waals surface area contributed by atoms with E-state index in [1.165, 1.54) is 25.5 Å². The SMILES string of the molecule is CS(=O)(=O)C1CCCC(C(=O)CC2CCC2)C1. The maximum absolute atomic E-state index is 12.1. The lowest BCUT2D eigenvalue weighted by Crippen LogP contribution is -2.32. The van der Waals surface area contributed by atoms with Crippen molar-refractivity contribution in [1.29, 1.82) is 0 Å². The summed E-state index contributed by atoms with van der Waals surface area (Å²) in [6.07, 6.45) is 8.74. The third kappa shape index (κ3) is 3.30. The lowest BCUT2D eigenvalue weighted by atomic mass is 9.77. The van der Waals surface area contributed by atoms with Gasteiger partial charge in [0.25, 0.3) is 0 Å². The Morgan fingerprint density at radius 3 is 2.29 bits per heavy atom. The van der Waals surface area contributed by atoms with Gasteiger partial charge in [-0.3, -0.25) is 4.79 Å². The first-order valence-corrected chi connectivity index (χ1v) is 8.64. The summed E-state index contributed by atoms with van der Waals surface area (Å²) in [5, 5.41) is -0.272. The van der Waals surface area contributed by atoms with Gasteiger partial charge >= 0.3 is 0 Å². The second-order valence-electron chi connectivity index (χ2n) is 5.78. The van der Waals surface area contributed by atoms with E-state index < -0.39 is 9.84 Å². The van der Waals surface area contributed by atoms with Crippen LogP contribution < -0.4 is 0 Å². The first kappa shape index (κ1) is 13.1. The van der Waals surface area contributed by atoms with Crippen LogP contribution in [0.3, 0.4) is 0 Å². The van der Waals surface area contributed by atoms with Gasteiger partial charge < -0.3 is 0 Å². The van der Waals surface area contributed by atoms with E-state index in [1.54, 1.807) is 0 Å². The van der Waals surface area contributed by atoms with Crippen LogP contribution in [0.5, 0.6) is 0 Å². The fraction of sp³-hybridized carbons (Fsp3) is 0.923. The zero-order chi connectivity index (χ0) is 12.5. The van der Waals surface area contributed by atoms with Crippen LogP contribution in [0, 0.1) is 11.8 Å². The Morgan fingerprint density at radius 2 is 1.76 bits per heavy atom. The average Bonchev–Trinajstić information content (AvgIpc) is 2.22. The summed E-state index contributed by atoms with van der Waals surface area (Å²) >= 11 is 0. The van der Waals surface area contributed by atoms with Gasteiger partial charge in [-0.25, -0.2) is 8.42 Å². The maximum Gasteiger partial charge on any atom is 0.150 e. The molecule has 2 atom stereocenters. The predicted molar refractivity (Wildman–Crippen MR) is 67.6 cm³/mol. The normalized spacial score (nSPS) is 30.9. The molecule has 98 valence electrons. The van der Waals surface area contributed by atoms with Crippen molar-refractivity contribution in [1.82, 2.24) is 0 Å². The molecule has 0 radical (unpaired) electrons. The number of carbonyl (C=O) groups excluding carboxylic acids is 1. The molecule has 2 unspecified atom stereocenters. The molecule has 0 saturated heterocycles. The Balaban J connectivity index is 1.90. The van der Waals surface area contributed by atoms with Crippen LogP contribution in [-0.2, 0) is 14.6 Å². The van der Waals surface area contributed by atoms with Gasteiger partial charge in [-0.15, -0.1) is 0 Å². The zero-order valence-corrected chi connectivity index (χ0v) is 11.3. The van der Waals surface area contributed by atoms with Crippen molar-refractivity contribution in [2.45, 2.75) is 56.6 Å². The molecule has 0 spiro atoms. The highest BCUT2D eigenvalue weighted by Crippen LogP contribution is 2.34. The van der Waals surface area contributed by atoms with Crippen LogP contribution >= 0.6 is 0 Å². The Morgan fingerprint density at radius 1 is 1.12 bits per heavy atom. The Hall–Kier alpha value is -0.380. The molecule has 0 aliphatic heterocycles. The van der Waals surface area contributed by atoms with Crippen LogP contribution in [0.2, 0.25) is 0 Å². The Labute approximate surface area is 104 Å². The number of carbonyl (C=O) groups is 1. The van der Waals surface area contributed by atoms with Crippen molar-refractivity contribution in [2.75, 3.05) is 6.26 Å². The molecule has 2 aliphatic carbocycles. The third-order valence-corrected chi connectivity index (χ3v) is 6.04. The number of sulfone groups is 1. The van der Waals surface area contributed by atoms with E-state index in [0.29, 0.717) is 24.5 Å². The van der Waals surface area contributed by atoms with Gasteiger partial charge in [0.15, 0.2) is 0 Å². The van der Waals surface area contributed by atoms with Gasteiger partial charge in [-0.2, -0.15) is 0 Å². The second-order valence-corrected chi connectivity index (χ2v) is 8.11. The van der Waals surface area contributed by atoms with E-state index >= 15 is 0 Å². The minimum atomic E-state index is -2.96. The second kappa shape index (κ2) is 5.09. The summed E-state index contributed by atoms with van der Waals surface area (Å²) < 4.78 is 23.1. The minimum absolute atomic E-state index is 0.0177. The van der Waals surface area contributed by atoms with Gasteiger partial charge in [0.2, 0.25) is 0 Å². The minimum Gasteiger partial charge on any atom is -0.299 e. The fourth-order valence-corrected chi connectivity index (χ4v) is 4.15. The van der Waals surface area contributed by atoms with Crippen molar-refractivity contribution >= 4 is 15.6 Å². The first-order valence-electron chi connectivity index (χ1n) is 6.68.